The Morgan fingerprint density at radius 1 is 0.474 bits per heavy atom. The molecular weight excluding hydrogens is 1060 g/mol. The molecule has 6 nitrogen and oxygen atoms in total. The minimum Gasteiger partial charge on any atom is -0.289 e. The Hall–Kier alpha value is -6.04. The molecule has 12 heteroatoms. The Bertz CT molecular complexity index is 3640. The minimum absolute atomic E-state index is 0.158. The lowest BCUT2D eigenvalue weighted by molar-refractivity contribution is 0.105. The molecule has 0 aliphatic heterocycles. The van der Waals surface area contributed by atoms with Crippen LogP contribution in [-0.2, 0) is 12.8 Å². The van der Waals surface area contributed by atoms with Crippen LogP contribution in [0.3, 0.4) is 0 Å². The zero-order valence-electron chi connectivity index (χ0n) is 44.6. The van der Waals surface area contributed by atoms with E-state index in [-0.39, 0.29) is 112 Å². The molecule has 4 aromatic carbocycles. The number of nitriles is 2. The van der Waals surface area contributed by atoms with Crippen LogP contribution in [0.1, 0.15) is 206 Å². The number of benzene rings is 4. The number of thiophene rings is 2. The zero-order valence-corrected chi connectivity index (χ0v) is 49.2. The molecule has 0 atom stereocenters. The van der Waals surface area contributed by atoms with Gasteiger partial charge >= 0.3 is 0 Å². The number of carbonyl (C=O) groups excluding carboxylic acids is 2. The maximum absolute atomic E-state index is 15.0. The normalized spacial score (nSPS) is 16.5. The molecule has 0 saturated carbocycles. The van der Waals surface area contributed by atoms with Crippen LogP contribution in [0.15, 0.2) is 72.1 Å². The maximum atomic E-state index is 15.0. The van der Waals surface area contributed by atoms with Gasteiger partial charge in [-0.15, -0.1) is 22.7 Å². The number of hydrogen-bond donors (Lipinski definition) is 0. The van der Waals surface area contributed by atoms with Crippen molar-refractivity contribution >= 4 is 103 Å². The molecule has 0 radical (unpaired) electrons. The van der Waals surface area contributed by atoms with Gasteiger partial charge in [0.25, 0.3) is 11.4 Å². The van der Waals surface area contributed by atoms with E-state index in [1.54, 1.807) is 12.1 Å². The number of fused-ring (bicyclic) bond motifs is 2. The third-order valence-corrected chi connectivity index (χ3v) is 18.6. The molecule has 0 N–H and O–H groups in total. The summed E-state index contributed by atoms with van der Waals surface area (Å²) in [6.07, 6.45) is 0.932. The quantitative estimate of drug-likeness (QED) is 0.101. The summed E-state index contributed by atoms with van der Waals surface area (Å²) in [4.78, 5) is 37.4. The van der Waals surface area contributed by atoms with Gasteiger partial charge in [-0.3, -0.25) is 9.59 Å². The summed E-state index contributed by atoms with van der Waals surface area (Å²) < 4.78 is 2.78. The zero-order chi connectivity index (χ0) is 55.5. The monoisotopic (exact) mass is 1120 g/mol. The first-order valence-electron chi connectivity index (χ1n) is 25.4. The number of allylic oxidation sites excluding steroid dienone is 4. The highest BCUT2D eigenvalue weighted by molar-refractivity contribution is 7.12. The van der Waals surface area contributed by atoms with Gasteiger partial charge in [-0.1, -0.05) is 154 Å². The van der Waals surface area contributed by atoms with Crippen molar-refractivity contribution in [3.63, 3.8) is 0 Å². The summed E-state index contributed by atoms with van der Waals surface area (Å²) in [7, 11) is 0. The molecule has 0 saturated heterocycles. The van der Waals surface area contributed by atoms with Gasteiger partial charge < -0.3 is 0 Å². The van der Waals surface area contributed by atoms with E-state index in [9.17, 15) is 10.5 Å². The van der Waals surface area contributed by atoms with Crippen LogP contribution in [0, 0.1) is 44.9 Å². The highest BCUT2D eigenvalue weighted by Gasteiger charge is 2.37. The summed E-state index contributed by atoms with van der Waals surface area (Å²) in [6.45, 7) is 42.9. The van der Waals surface area contributed by atoms with E-state index in [1.807, 2.05) is 12.1 Å². The van der Waals surface area contributed by atoms with Crippen molar-refractivity contribution in [1.82, 2.24) is 0 Å². The van der Waals surface area contributed by atoms with Crippen LogP contribution < -0.4 is 9.06 Å². The second-order valence-corrected chi connectivity index (χ2v) is 25.2. The van der Waals surface area contributed by atoms with Crippen molar-refractivity contribution in [2.45, 2.75) is 131 Å². The van der Waals surface area contributed by atoms with Gasteiger partial charge in [0, 0.05) is 51.5 Å². The number of carbonyl (C=O) groups is 2. The summed E-state index contributed by atoms with van der Waals surface area (Å²) >= 11 is 29.2. The minimum atomic E-state index is -0.382. The Morgan fingerprint density at radius 3 is 1.01 bits per heavy atom. The van der Waals surface area contributed by atoms with Crippen LogP contribution in [0.4, 0.5) is 0 Å². The summed E-state index contributed by atoms with van der Waals surface area (Å²) in [5.74, 6) is 0.439. The van der Waals surface area contributed by atoms with Gasteiger partial charge in [0.1, 0.15) is 0 Å². The van der Waals surface area contributed by atoms with Crippen LogP contribution >= 0.6 is 69.1 Å². The van der Waals surface area contributed by atoms with Gasteiger partial charge in [0.05, 0.1) is 45.4 Å². The predicted octanol–water partition coefficient (Wildman–Crippen LogP) is 18.0. The van der Waals surface area contributed by atoms with E-state index in [2.05, 4.69) is 129 Å². The SMILES string of the molecule is [C-]#[N+]/C(C#N)=C1\C(=c2/cc(Cc3c(C(C)C)cc(C(C)C)cc3C(C)C)/c(=c3\s/c(=C4\C(=O)c5cc(Cl)c(Cl)cc5\C4=C(\C#N)[N+]#[C-])cc3Cc3c(C(C)C)cc(C(C)C)cc3C(C)C)s2)C(=O)c2cc(Cl)c(Cl)cc21. The number of hydrogen-bond acceptors (Lipinski definition) is 6. The standard InChI is InChI=1S/C64H56Cl4N4O2S2/c1-29(2)35-15-39(31(5)6)43(40(16-35)32(7)8)19-37-21-55(59-57(53(27-69)71-13)45-23-49(65)51(67)25-47(45)61(59)73)75-63(37)64-38(20-44-41(33(9)10)17-36(30(3)4)18-42(44)34(11)12)22-56(76-64)60-58(54(28-70)72-14)46-24-50(66)52(68)26-48(46)62(60)74/h15-18,21-26,29-34H,19-20H2,1-12H3/b57-53-,58-54+,59-55-,60-56-,64-63+. The van der Waals surface area contributed by atoms with Crippen molar-refractivity contribution in [2.24, 2.45) is 0 Å². The molecule has 76 heavy (non-hydrogen) atoms. The van der Waals surface area contributed by atoms with Crippen LogP contribution in [0.25, 0.3) is 32.0 Å². The van der Waals surface area contributed by atoms with E-state index in [4.69, 9.17) is 59.5 Å². The third kappa shape index (κ3) is 10.1. The van der Waals surface area contributed by atoms with E-state index >= 15 is 9.59 Å². The number of ketones is 2. The second kappa shape index (κ2) is 22.1. The molecule has 8 rings (SSSR count). The number of halogens is 4. The lowest BCUT2D eigenvalue weighted by Crippen LogP contribution is -2.08. The van der Waals surface area contributed by atoms with E-state index < -0.39 is 0 Å². The van der Waals surface area contributed by atoms with Gasteiger partial charge in [-0.25, -0.2) is 20.2 Å². The largest absolute Gasteiger partial charge is 0.289 e. The molecule has 0 fully saturated rings. The molecular formula is C64H56Cl4N4O2S2. The van der Waals surface area contributed by atoms with Crippen molar-refractivity contribution in [2.75, 3.05) is 0 Å². The van der Waals surface area contributed by atoms with Crippen molar-refractivity contribution in [3.05, 3.63) is 211 Å². The molecule has 0 unspecified atom stereocenters. The number of rotatable bonds is 10. The Morgan fingerprint density at radius 2 is 0.763 bits per heavy atom. The third-order valence-electron chi connectivity index (χ3n) is 14.6. The Kier molecular flexibility index (Phi) is 16.4. The molecule has 0 bridgehead atoms. The molecule has 2 aliphatic carbocycles. The van der Waals surface area contributed by atoms with Crippen LogP contribution in [-0.4, -0.2) is 11.6 Å². The highest BCUT2D eigenvalue weighted by atomic mass is 35.5. The fourth-order valence-corrected chi connectivity index (χ4v) is 13.9. The fourth-order valence-electron chi connectivity index (χ4n) is 10.6. The topological polar surface area (TPSA) is 90.4 Å². The first kappa shape index (κ1) is 56.2. The Balaban J connectivity index is 1.65. The molecule has 384 valence electrons. The van der Waals surface area contributed by atoms with Crippen molar-refractivity contribution in [1.29, 1.82) is 10.5 Å². The van der Waals surface area contributed by atoms with Gasteiger partial charge in [-0.2, -0.15) is 0 Å². The second-order valence-electron chi connectivity index (χ2n) is 21.5. The van der Waals surface area contributed by atoms with Gasteiger partial charge in [0.2, 0.25) is 0 Å². The highest BCUT2D eigenvalue weighted by Crippen LogP contribution is 2.46. The van der Waals surface area contributed by atoms with Crippen LogP contribution in [0.2, 0.25) is 20.1 Å². The summed E-state index contributed by atoms with van der Waals surface area (Å²) in [5.41, 5.74) is 13.1. The van der Waals surface area contributed by atoms with Crippen LogP contribution in [0.5, 0.6) is 0 Å². The van der Waals surface area contributed by atoms with E-state index in [0.717, 1.165) is 20.2 Å². The molecule has 6 aromatic rings. The molecule has 0 spiro atoms. The van der Waals surface area contributed by atoms with Crippen molar-refractivity contribution in [3.8, 4) is 12.1 Å². The molecule has 0 amide bonds. The average molecular weight is 1120 g/mol. The Labute approximate surface area is 474 Å². The molecule has 2 heterocycles. The fraction of sp³-hybridized carbons (Fsp3) is 0.312. The number of nitrogens with zero attached hydrogens (tertiary/aromatic N) is 4. The summed E-state index contributed by atoms with van der Waals surface area (Å²) in [6, 6.07) is 23.7. The van der Waals surface area contributed by atoms with E-state index in [0.29, 0.717) is 33.0 Å². The smallest absolute Gasteiger partial charge is 0.270 e. The molecule has 2 aromatic heterocycles. The number of Topliss-reactive ketones (excluding diaryl/α,β-unsaturated/α-hetero) is 2. The first-order chi connectivity index (χ1) is 36.0. The lowest BCUT2D eigenvalue weighted by Gasteiger charge is -2.23. The summed E-state index contributed by atoms with van der Waals surface area (Å²) in [5, 5.41) is 21.8. The predicted molar refractivity (Wildman–Crippen MR) is 315 cm³/mol. The van der Waals surface area contributed by atoms with Gasteiger partial charge in [-0.05, 0) is 152 Å². The first-order valence-corrected chi connectivity index (χ1v) is 28.6. The van der Waals surface area contributed by atoms with Gasteiger partial charge in [0.15, 0.2) is 11.6 Å². The van der Waals surface area contributed by atoms with Crippen molar-refractivity contribution < 1.29 is 9.59 Å². The maximum Gasteiger partial charge on any atom is 0.270 e. The van der Waals surface area contributed by atoms with E-state index in [1.165, 1.54) is 79.3 Å². The average Bonchev–Trinajstić information content (AvgIpc) is 4.14. The molecule has 2 aliphatic rings. The lowest BCUT2D eigenvalue weighted by atomic mass is 9.82.